The van der Waals surface area contributed by atoms with Crippen LogP contribution in [0.2, 0.25) is 0 Å². The topological polar surface area (TPSA) is 41.6 Å². The highest BCUT2D eigenvalue weighted by molar-refractivity contribution is 7.09. The second-order valence-corrected chi connectivity index (χ2v) is 9.38. The lowest BCUT2D eigenvalue weighted by Crippen LogP contribution is -2.30. The molecule has 32 heavy (non-hydrogen) atoms. The molecule has 164 valence electrons. The summed E-state index contributed by atoms with van der Waals surface area (Å²) in [7, 11) is 0. The Bertz CT molecular complexity index is 1140. The molecule has 0 bridgehead atoms. The number of ether oxygens (including phenoxy) is 1. The van der Waals surface area contributed by atoms with Gasteiger partial charge in [0.05, 0.1) is 0 Å². The molecule has 5 heteroatoms. The van der Waals surface area contributed by atoms with Crippen LogP contribution in [0.5, 0.6) is 5.75 Å². The fourth-order valence-corrected chi connectivity index (χ4v) is 5.42. The van der Waals surface area contributed by atoms with Crippen molar-refractivity contribution in [3.05, 3.63) is 92.7 Å². The van der Waals surface area contributed by atoms with Crippen LogP contribution in [0, 0.1) is 0 Å². The van der Waals surface area contributed by atoms with E-state index in [2.05, 4.69) is 58.1 Å². The van der Waals surface area contributed by atoms with Crippen molar-refractivity contribution >= 4 is 22.8 Å². The van der Waals surface area contributed by atoms with E-state index in [9.17, 15) is 4.79 Å². The molecule has 2 aliphatic rings. The normalized spacial score (nSPS) is 16.0. The lowest BCUT2D eigenvalue weighted by molar-refractivity contribution is 0.0955. The molecule has 5 rings (SSSR count). The lowest BCUT2D eigenvalue weighted by Gasteiger charge is -2.30. The Morgan fingerprint density at radius 1 is 1.06 bits per heavy atom. The van der Waals surface area contributed by atoms with E-state index >= 15 is 0 Å². The highest BCUT2D eigenvalue weighted by atomic mass is 32.1. The zero-order valence-electron chi connectivity index (χ0n) is 18.4. The van der Waals surface area contributed by atoms with Gasteiger partial charge in [0.2, 0.25) is 0 Å². The van der Waals surface area contributed by atoms with E-state index in [4.69, 9.17) is 4.74 Å². The Morgan fingerprint density at radius 2 is 1.91 bits per heavy atom. The number of thiophene rings is 1. The van der Waals surface area contributed by atoms with E-state index in [-0.39, 0.29) is 5.91 Å². The summed E-state index contributed by atoms with van der Waals surface area (Å²) in [4.78, 5) is 16.4. The number of carbonyl (C=O) groups is 1. The molecule has 0 aliphatic carbocycles. The Balaban J connectivity index is 1.50. The Hall–Kier alpha value is -2.89. The molecular formula is C27H28N2O2S. The number of benzene rings is 2. The number of piperidine rings is 1. The largest absolute Gasteiger partial charge is 0.488 e. The zero-order valence-corrected chi connectivity index (χ0v) is 19.2. The van der Waals surface area contributed by atoms with Crippen molar-refractivity contribution in [2.45, 2.75) is 32.9 Å². The summed E-state index contributed by atoms with van der Waals surface area (Å²) in [6.45, 7) is 6.22. The van der Waals surface area contributed by atoms with Gasteiger partial charge < -0.3 is 10.1 Å². The van der Waals surface area contributed by atoms with E-state index in [0.29, 0.717) is 18.7 Å². The molecule has 0 atom stereocenters. The molecule has 2 aliphatic heterocycles. The average molecular weight is 445 g/mol. The number of hydrogen-bond acceptors (Lipinski definition) is 4. The maximum atomic E-state index is 12.4. The summed E-state index contributed by atoms with van der Waals surface area (Å²) in [5, 5.41) is 5.04. The first kappa shape index (κ1) is 21.0. The highest BCUT2D eigenvalue weighted by Gasteiger charge is 2.25. The summed E-state index contributed by atoms with van der Waals surface area (Å²) < 4.78 is 6.23. The fraction of sp³-hybridized carbons (Fsp3) is 0.296. The number of fused-ring (bicyclic) bond motifs is 2. The van der Waals surface area contributed by atoms with Crippen LogP contribution in [-0.4, -0.2) is 30.4 Å². The predicted molar refractivity (Wildman–Crippen MR) is 130 cm³/mol. The van der Waals surface area contributed by atoms with Gasteiger partial charge in [-0.25, -0.2) is 0 Å². The number of hydrogen-bond donors (Lipinski definition) is 1. The molecule has 3 heterocycles. The van der Waals surface area contributed by atoms with Crippen LogP contribution in [0.25, 0.3) is 5.57 Å². The van der Waals surface area contributed by atoms with Crippen molar-refractivity contribution < 1.29 is 9.53 Å². The minimum atomic E-state index is -0.0586. The first-order valence-electron chi connectivity index (χ1n) is 11.3. The van der Waals surface area contributed by atoms with Gasteiger partial charge in [-0.15, -0.1) is 11.3 Å². The van der Waals surface area contributed by atoms with Gasteiger partial charge in [0, 0.05) is 42.2 Å². The number of rotatable bonds is 4. The molecule has 2 aromatic carbocycles. The van der Waals surface area contributed by atoms with Gasteiger partial charge in [-0.2, -0.15) is 0 Å². The van der Waals surface area contributed by atoms with Crippen LogP contribution < -0.4 is 10.1 Å². The van der Waals surface area contributed by atoms with Crippen LogP contribution in [0.15, 0.2) is 65.6 Å². The van der Waals surface area contributed by atoms with Crippen LogP contribution in [-0.2, 0) is 13.2 Å². The Kier molecular flexibility index (Phi) is 6.10. The van der Waals surface area contributed by atoms with Gasteiger partial charge in [-0.1, -0.05) is 35.9 Å². The number of amides is 1. The van der Waals surface area contributed by atoms with E-state index in [1.54, 1.807) is 0 Å². The Labute approximate surface area is 193 Å². The third-order valence-corrected chi connectivity index (χ3v) is 7.15. The molecule has 4 nitrogen and oxygen atoms in total. The van der Waals surface area contributed by atoms with E-state index in [1.165, 1.54) is 27.2 Å². The monoisotopic (exact) mass is 444 g/mol. The quantitative estimate of drug-likeness (QED) is 0.579. The molecule has 0 unspecified atom stereocenters. The van der Waals surface area contributed by atoms with Gasteiger partial charge in [-0.3, -0.25) is 9.69 Å². The van der Waals surface area contributed by atoms with Gasteiger partial charge >= 0.3 is 0 Å². The predicted octanol–water partition coefficient (Wildman–Crippen LogP) is 5.49. The minimum absolute atomic E-state index is 0.0586. The third-order valence-electron chi connectivity index (χ3n) is 6.29. The summed E-state index contributed by atoms with van der Waals surface area (Å²) >= 11 is 1.83. The van der Waals surface area contributed by atoms with E-state index < -0.39 is 0 Å². The molecule has 0 radical (unpaired) electrons. The maximum Gasteiger partial charge on any atom is 0.251 e. The van der Waals surface area contributed by atoms with Crippen molar-refractivity contribution in [3.8, 4) is 5.75 Å². The lowest BCUT2D eigenvalue weighted by atomic mass is 9.86. The van der Waals surface area contributed by atoms with Gasteiger partial charge in [0.15, 0.2) is 0 Å². The van der Waals surface area contributed by atoms with Crippen LogP contribution in [0.4, 0.5) is 0 Å². The first-order valence-corrected chi connectivity index (χ1v) is 12.2. The second-order valence-electron chi connectivity index (χ2n) is 8.35. The standard InChI is InChI=1S/C27H28N2O2S/c1-2-28-27(30)20-9-10-24-25(16-20)31-18-21-6-3-4-8-23(21)26(24)19-11-13-29(14-12-19)17-22-7-5-15-32-22/h3-10,15-16H,2,11-14,17-18H2,1H3,(H,28,30). The van der Waals surface area contributed by atoms with Crippen molar-refractivity contribution in [1.29, 1.82) is 0 Å². The molecule has 0 spiro atoms. The average Bonchev–Trinajstić information content (AvgIpc) is 3.27. The number of carbonyl (C=O) groups excluding carboxylic acids is 1. The molecule has 0 saturated carbocycles. The van der Waals surface area contributed by atoms with Crippen molar-refractivity contribution in [1.82, 2.24) is 10.2 Å². The maximum absolute atomic E-state index is 12.4. The minimum Gasteiger partial charge on any atom is -0.488 e. The summed E-state index contributed by atoms with van der Waals surface area (Å²) in [5.74, 6) is 0.741. The molecule has 1 amide bonds. The van der Waals surface area contributed by atoms with Gasteiger partial charge in [0.1, 0.15) is 12.4 Å². The third kappa shape index (κ3) is 4.23. The van der Waals surface area contributed by atoms with Crippen LogP contribution in [0.1, 0.15) is 51.7 Å². The molecular weight excluding hydrogens is 416 g/mol. The first-order chi connectivity index (χ1) is 15.7. The highest BCUT2D eigenvalue weighted by Crippen LogP contribution is 2.41. The molecule has 1 fully saturated rings. The summed E-state index contributed by atoms with van der Waals surface area (Å²) in [5.41, 5.74) is 6.99. The molecule has 3 aromatic rings. The number of likely N-dealkylation sites (tertiary alicyclic amines) is 1. The van der Waals surface area contributed by atoms with Crippen molar-refractivity contribution in [2.75, 3.05) is 19.6 Å². The van der Waals surface area contributed by atoms with Gasteiger partial charge in [0.25, 0.3) is 5.91 Å². The van der Waals surface area contributed by atoms with Crippen LogP contribution in [0.3, 0.4) is 0 Å². The number of nitrogens with zero attached hydrogens (tertiary/aromatic N) is 1. The molecule has 1 N–H and O–H groups in total. The Morgan fingerprint density at radius 3 is 2.69 bits per heavy atom. The smallest absolute Gasteiger partial charge is 0.251 e. The molecule has 1 saturated heterocycles. The number of nitrogens with one attached hydrogen (secondary N) is 1. The fourth-order valence-electron chi connectivity index (χ4n) is 4.68. The van der Waals surface area contributed by atoms with E-state index in [0.717, 1.165) is 43.8 Å². The van der Waals surface area contributed by atoms with Crippen LogP contribution >= 0.6 is 11.3 Å². The van der Waals surface area contributed by atoms with E-state index in [1.807, 2.05) is 30.4 Å². The van der Waals surface area contributed by atoms with Gasteiger partial charge in [-0.05, 0) is 66.1 Å². The summed E-state index contributed by atoms with van der Waals surface area (Å²) in [6, 6.07) is 18.8. The second kappa shape index (κ2) is 9.31. The summed E-state index contributed by atoms with van der Waals surface area (Å²) in [6.07, 6.45) is 2.10. The van der Waals surface area contributed by atoms with Crippen molar-refractivity contribution in [2.24, 2.45) is 0 Å². The zero-order chi connectivity index (χ0) is 21.9. The SMILES string of the molecule is CCNC(=O)c1ccc2c(c1)OCc1ccccc1C2=C1CCN(Cc2cccs2)CC1. The molecule has 1 aromatic heterocycles. The van der Waals surface area contributed by atoms with Crippen molar-refractivity contribution in [3.63, 3.8) is 0 Å².